The molecule has 1 saturated heterocycles. The minimum atomic E-state index is -0.363. The molecule has 0 N–H and O–H groups in total. The topological polar surface area (TPSA) is 41.4 Å². The van der Waals surface area contributed by atoms with Crippen molar-refractivity contribution in [3.05, 3.63) is 76.6 Å². The number of aryl methyl sites for hydroxylation is 1. The molecule has 5 nitrogen and oxygen atoms in total. The lowest BCUT2D eigenvalue weighted by Crippen LogP contribution is -2.49. The third-order valence-corrected chi connectivity index (χ3v) is 5.40. The zero-order valence-corrected chi connectivity index (χ0v) is 16.5. The van der Waals surface area contributed by atoms with E-state index in [2.05, 4.69) is 5.10 Å². The molecule has 3 aromatic rings. The van der Waals surface area contributed by atoms with Gasteiger partial charge in [0.15, 0.2) is 0 Å². The van der Waals surface area contributed by atoms with Gasteiger partial charge >= 0.3 is 0 Å². The summed E-state index contributed by atoms with van der Waals surface area (Å²) in [4.78, 5) is 16.7. The molecule has 0 radical (unpaired) electrons. The third kappa shape index (κ3) is 3.70. The predicted molar refractivity (Wildman–Crippen MR) is 108 cm³/mol. The molecular weight excluding hydrogens is 398 g/mol. The maximum atomic E-state index is 14.0. The lowest BCUT2D eigenvalue weighted by molar-refractivity contribution is 0.0746. The number of aromatic nitrogens is 2. The van der Waals surface area contributed by atoms with Gasteiger partial charge in [0, 0.05) is 26.2 Å². The number of halogens is 3. The molecule has 0 atom stereocenters. The monoisotopic (exact) mass is 416 g/mol. The van der Waals surface area contributed by atoms with E-state index in [1.165, 1.54) is 22.9 Å². The van der Waals surface area contributed by atoms with Crippen molar-refractivity contribution in [3.8, 4) is 5.69 Å². The summed E-state index contributed by atoms with van der Waals surface area (Å²) in [5.74, 6) is -0.849. The molecule has 1 fully saturated rings. The highest BCUT2D eigenvalue weighted by atomic mass is 35.5. The molecule has 0 spiro atoms. The van der Waals surface area contributed by atoms with Crippen molar-refractivity contribution in [1.29, 1.82) is 0 Å². The Balaban J connectivity index is 1.52. The molecule has 1 amide bonds. The Morgan fingerprint density at radius 1 is 1.00 bits per heavy atom. The van der Waals surface area contributed by atoms with Crippen LogP contribution in [0.2, 0.25) is 5.15 Å². The van der Waals surface area contributed by atoms with E-state index in [1.54, 1.807) is 42.2 Å². The summed E-state index contributed by atoms with van der Waals surface area (Å²) in [6, 6.07) is 12.3. The first kappa shape index (κ1) is 19.4. The highest BCUT2D eigenvalue weighted by molar-refractivity contribution is 6.33. The molecule has 2 heterocycles. The van der Waals surface area contributed by atoms with E-state index in [9.17, 15) is 13.6 Å². The van der Waals surface area contributed by atoms with Crippen molar-refractivity contribution in [2.45, 2.75) is 6.92 Å². The molecule has 0 bridgehead atoms. The van der Waals surface area contributed by atoms with Crippen molar-refractivity contribution in [2.24, 2.45) is 0 Å². The standard InChI is InChI=1S/C21H19ClF2N4O/c1-14-19(20(22)28(25-14)16-8-6-15(23)7-9-16)21(29)27-12-10-26(11-13-27)18-5-3-2-4-17(18)24/h2-9H,10-13H2,1H3. The highest BCUT2D eigenvalue weighted by Gasteiger charge is 2.28. The maximum absolute atomic E-state index is 14.0. The van der Waals surface area contributed by atoms with Gasteiger partial charge < -0.3 is 9.80 Å². The first-order chi connectivity index (χ1) is 14.0. The summed E-state index contributed by atoms with van der Waals surface area (Å²) in [7, 11) is 0. The van der Waals surface area contributed by atoms with Crippen LogP contribution in [-0.4, -0.2) is 46.8 Å². The lowest BCUT2D eigenvalue weighted by Gasteiger charge is -2.36. The van der Waals surface area contributed by atoms with Gasteiger partial charge in [0.25, 0.3) is 5.91 Å². The van der Waals surface area contributed by atoms with E-state index in [-0.39, 0.29) is 22.7 Å². The molecule has 150 valence electrons. The molecule has 0 unspecified atom stereocenters. The summed E-state index contributed by atoms with van der Waals surface area (Å²) < 4.78 is 28.6. The highest BCUT2D eigenvalue weighted by Crippen LogP contribution is 2.26. The Kier molecular flexibility index (Phi) is 5.24. The fourth-order valence-corrected chi connectivity index (χ4v) is 3.87. The number of carbonyl (C=O) groups is 1. The predicted octanol–water partition coefficient (Wildman–Crippen LogP) is 4.07. The van der Waals surface area contributed by atoms with Gasteiger partial charge in [-0.2, -0.15) is 5.10 Å². The number of amides is 1. The number of carbonyl (C=O) groups excluding carboxylic acids is 1. The molecule has 1 aliphatic heterocycles. The van der Waals surface area contributed by atoms with Crippen molar-refractivity contribution in [2.75, 3.05) is 31.1 Å². The molecule has 1 aromatic heterocycles. The Morgan fingerprint density at radius 2 is 1.66 bits per heavy atom. The number of piperazine rings is 1. The molecule has 2 aromatic carbocycles. The molecule has 1 aliphatic rings. The molecule has 8 heteroatoms. The van der Waals surface area contributed by atoms with Crippen LogP contribution in [0.15, 0.2) is 48.5 Å². The summed E-state index contributed by atoms with van der Waals surface area (Å²) in [6.07, 6.45) is 0. The van der Waals surface area contributed by atoms with E-state index in [4.69, 9.17) is 11.6 Å². The van der Waals surface area contributed by atoms with Crippen molar-refractivity contribution >= 4 is 23.2 Å². The molecule has 29 heavy (non-hydrogen) atoms. The smallest absolute Gasteiger partial charge is 0.259 e. The van der Waals surface area contributed by atoms with Gasteiger partial charge in [-0.3, -0.25) is 4.79 Å². The fraction of sp³-hybridized carbons (Fsp3) is 0.238. The van der Waals surface area contributed by atoms with Crippen molar-refractivity contribution in [1.82, 2.24) is 14.7 Å². The van der Waals surface area contributed by atoms with Crippen molar-refractivity contribution < 1.29 is 13.6 Å². The van der Waals surface area contributed by atoms with E-state index in [0.717, 1.165) is 0 Å². The van der Waals surface area contributed by atoms with Crippen LogP contribution in [0.5, 0.6) is 0 Å². The van der Waals surface area contributed by atoms with Gasteiger partial charge in [0.05, 0.1) is 22.6 Å². The average molecular weight is 417 g/mol. The number of rotatable bonds is 3. The fourth-order valence-electron chi connectivity index (χ4n) is 3.51. The van der Waals surface area contributed by atoms with E-state index in [1.807, 2.05) is 4.90 Å². The number of nitrogens with zero attached hydrogens (tertiary/aromatic N) is 4. The van der Waals surface area contributed by atoms with Crippen LogP contribution in [0.4, 0.5) is 14.5 Å². The minimum Gasteiger partial charge on any atom is -0.366 e. The Bertz CT molecular complexity index is 1040. The minimum absolute atomic E-state index is 0.190. The lowest BCUT2D eigenvalue weighted by atomic mass is 10.2. The van der Waals surface area contributed by atoms with Crippen LogP contribution >= 0.6 is 11.6 Å². The van der Waals surface area contributed by atoms with Crippen LogP contribution in [0.3, 0.4) is 0 Å². The van der Waals surface area contributed by atoms with Gasteiger partial charge in [-0.15, -0.1) is 0 Å². The second kappa shape index (κ2) is 7.83. The Hall–Kier alpha value is -2.93. The molecular formula is C21H19ClF2N4O. The van der Waals surface area contributed by atoms with Crippen LogP contribution < -0.4 is 4.90 Å². The summed E-state index contributed by atoms with van der Waals surface area (Å²) in [5.41, 5.74) is 1.94. The zero-order chi connectivity index (χ0) is 20.5. The van der Waals surface area contributed by atoms with Gasteiger partial charge in [-0.05, 0) is 43.3 Å². The van der Waals surface area contributed by atoms with Crippen LogP contribution in [-0.2, 0) is 0 Å². The first-order valence-corrected chi connectivity index (χ1v) is 9.63. The quantitative estimate of drug-likeness (QED) is 0.646. The number of anilines is 1. The second-order valence-electron chi connectivity index (χ2n) is 6.87. The second-order valence-corrected chi connectivity index (χ2v) is 7.23. The number of benzene rings is 2. The SMILES string of the molecule is Cc1nn(-c2ccc(F)cc2)c(Cl)c1C(=O)N1CCN(c2ccccc2F)CC1. The average Bonchev–Trinajstić information content (AvgIpc) is 3.02. The van der Waals surface area contributed by atoms with Crippen LogP contribution in [0.1, 0.15) is 16.1 Å². The van der Waals surface area contributed by atoms with Crippen LogP contribution in [0, 0.1) is 18.6 Å². The largest absolute Gasteiger partial charge is 0.366 e. The summed E-state index contributed by atoms with van der Waals surface area (Å²) in [5, 5.41) is 4.55. The summed E-state index contributed by atoms with van der Waals surface area (Å²) >= 11 is 6.46. The van der Waals surface area contributed by atoms with Crippen molar-refractivity contribution in [3.63, 3.8) is 0 Å². The normalized spacial score (nSPS) is 14.3. The van der Waals surface area contributed by atoms with Gasteiger partial charge in [-0.25, -0.2) is 13.5 Å². The molecule has 0 saturated carbocycles. The third-order valence-electron chi connectivity index (χ3n) is 5.05. The number of hydrogen-bond donors (Lipinski definition) is 0. The van der Waals surface area contributed by atoms with Gasteiger partial charge in [0.1, 0.15) is 16.8 Å². The van der Waals surface area contributed by atoms with Crippen LogP contribution in [0.25, 0.3) is 5.69 Å². The van der Waals surface area contributed by atoms with E-state index in [0.29, 0.717) is 48.8 Å². The van der Waals surface area contributed by atoms with Gasteiger partial charge in [0.2, 0.25) is 0 Å². The molecule has 4 rings (SSSR count). The summed E-state index contributed by atoms with van der Waals surface area (Å²) in [6.45, 7) is 3.66. The first-order valence-electron chi connectivity index (χ1n) is 9.25. The Morgan fingerprint density at radius 3 is 2.31 bits per heavy atom. The molecule has 0 aliphatic carbocycles. The van der Waals surface area contributed by atoms with Gasteiger partial charge in [-0.1, -0.05) is 23.7 Å². The number of hydrogen-bond acceptors (Lipinski definition) is 3. The van der Waals surface area contributed by atoms with E-state index >= 15 is 0 Å². The number of para-hydroxylation sites is 1. The maximum Gasteiger partial charge on any atom is 0.259 e. The zero-order valence-electron chi connectivity index (χ0n) is 15.8. The van der Waals surface area contributed by atoms with E-state index < -0.39 is 0 Å². The Labute approximate surface area is 172 Å².